The molecule has 0 fully saturated rings. The molecule has 7 nitrogen and oxygen atoms in total. The first kappa shape index (κ1) is 18.4. The van der Waals surface area contributed by atoms with Gasteiger partial charge in [-0.1, -0.05) is 18.5 Å². The Morgan fingerprint density at radius 1 is 1.12 bits per heavy atom. The summed E-state index contributed by atoms with van der Waals surface area (Å²) in [5.41, 5.74) is 0.999. The number of benzene rings is 2. The molecule has 2 N–H and O–H groups in total. The summed E-state index contributed by atoms with van der Waals surface area (Å²) >= 11 is 6.08. The van der Waals surface area contributed by atoms with Crippen molar-refractivity contribution in [3.63, 3.8) is 0 Å². The van der Waals surface area contributed by atoms with Crippen LogP contribution in [-0.2, 0) is 4.79 Å². The molecule has 0 aliphatic rings. The van der Waals surface area contributed by atoms with Crippen molar-refractivity contribution in [2.75, 3.05) is 10.6 Å². The van der Waals surface area contributed by atoms with Crippen LogP contribution >= 0.6 is 11.6 Å². The number of amides is 2. The fourth-order valence-electron chi connectivity index (χ4n) is 2.08. The molecule has 0 aliphatic heterocycles. The highest BCUT2D eigenvalue weighted by atomic mass is 35.5. The molecule has 0 heterocycles. The molecule has 2 rings (SSSR count). The lowest BCUT2D eigenvalue weighted by Gasteiger charge is -2.10. The highest BCUT2D eigenvalue weighted by Crippen LogP contribution is 2.26. The maximum Gasteiger partial charge on any atom is 0.269 e. The van der Waals surface area contributed by atoms with E-state index in [1.165, 1.54) is 24.3 Å². The van der Waals surface area contributed by atoms with Gasteiger partial charge < -0.3 is 10.6 Å². The van der Waals surface area contributed by atoms with Gasteiger partial charge in [0.25, 0.3) is 11.6 Å². The number of hydrogen-bond donors (Lipinski definition) is 2. The van der Waals surface area contributed by atoms with Gasteiger partial charge in [-0.3, -0.25) is 19.7 Å². The Bertz CT molecular complexity index is 806. The van der Waals surface area contributed by atoms with Crippen LogP contribution in [0.1, 0.15) is 30.1 Å². The van der Waals surface area contributed by atoms with E-state index in [2.05, 4.69) is 10.6 Å². The first-order valence-electron chi connectivity index (χ1n) is 7.56. The van der Waals surface area contributed by atoms with Crippen molar-refractivity contribution >= 4 is 40.5 Å². The largest absolute Gasteiger partial charge is 0.326 e. The highest BCUT2D eigenvalue weighted by molar-refractivity contribution is 6.34. The fraction of sp³-hybridized carbons (Fsp3) is 0.176. The van der Waals surface area contributed by atoms with E-state index in [0.717, 1.165) is 6.42 Å². The SMILES string of the molecule is CCCC(=O)Nc1ccc(Cl)c(NC(=O)c2ccc([N+](=O)[O-])cc2)c1. The van der Waals surface area contributed by atoms with Gasteiger partial charge in [-0.25, -0.2) is 0 Å². The molecule has 0 aliphatic carbocycles. The van der Waals surface area contributed by atoms with E-state index < -0.39 is 10.8 Å². The molecular formula is C17H16ClN3O4. The molecule has 2 aromatic rings. The van der Waals surface area contributed by atoms with Crippen molar-refractivity contribution in [3.05, 3.63) is 63.2 Å². The monoisotopic (exact) mass is 361 g/mol. The third-order valence-electron chi connectivity index (χ3n) is 3.32. The summed E-state index contributed by atoms with van der Waals surface area (Å²) < 4.78 is 0. The van der Waals surface area contributed by atoms with Gasteiger partial charge in [0.1, 0.15) is 0 Å². The van der Waals surface area contributed by atoms with Crippen LogP contribution in [0.5, 0.6) is 0 Å². The second-order valence-electron chi connectivity index (χ2n) is 5.25. The van der Waals surface area contributed by atoms with E-state index in [9.17, 15) is 19.7 Å². The van der Waals surface area contributed by atoms with Crippen LogP contribution in [0.2, 0.25) is 5.02 Å². The van der Waals surface area contributed by atoms with Crippen LogP contribution in [-0.4, -0.2) is 16.7 Å². The van der Waals surface area contributed by atoms with Gasteiger partial charge in [0.05, 0.1) is 15.6 Å². The maximum atomic E-state index is 12.3. The number of rotatable bonds is 6. The Morgan fingerprint density at radius 3 is 2.40 bits per heavy atom. The Morgan fingerprint density at radius 2 is 1.80 bits per heavy atom. The third-order valence-corrected chi connectivity index (χ3v) is 3.65. The summed E-state index contributed by atoms with van der Waals surface area (Å²) in [5.74, 6) is -0.591. The number of carbonyl (C=O) groups excluding carboxylic acids is 2. The first-order valence-corrected chi connectivity index (χ1v) is 7.93. The first-order chi connectivity index (χ1) is 11.9. The predicted octanol–water partition coefficient (Wildman–Crippen LogP) is 4.24. The molecule has 0 bridgehead atoms. The van der Waals surface area contributed by atoms with Crippen LogP contribution in [0.3, 0.4) is 0 Å². The minimum atomic E-state index is -0.541. The van der Waals surface area contributed by atoms with Crippen molar-refractivity contribution in [2.45, 2.75) is 19.8 Å². The lowest BCUT2D eigenvalue weighted by Crippen LogP contribution is -2.14. The number of nitro benzene ring substituents is 1. The van der Waals surface area contributed by atoms with Crippen LogP contribution in [0.15, 0.2) is 42.5 Å². The molecule has 2 aromatic carbocycles. The van der Waals surface area contributed by atoms with Crippen molar-refractivity contribution in [3.8, 4) is 0 Å². The summed E-state index contributed by atoms with van der Waals surface area (Å²) in [6.45, 7) is 1.90. The number of carbonyl (C=O) groups is 2. The van der Waals surface area contributed by atoms with E-state index in [-0.39, 0.29) is 17.2 Å². The van der Waals surface area contributed by atoms with Gasteiger partial charge in [0.2, 0.25) is 5.91 Å². The zero-order valence-corrected chi connectivity index (χ0v) is 14.2. The topological polar surface area (TPSA) is 101 Å². The van der Waals surface area contributed by atoms with Crippen LogP contribution < -0.4 is 10.6 Å². The molecule has 25 heavy (non-hydrogen) atoms. The summed E-state index contributed by atoms with van der Waals surface area (Å²) in [4.78, 5) is 34.0. The summed E-state index contributed by atoms with van der Waals surface area (Å²) in [5, 5.41) is 16.3. The highest BCUT2D eigenvalue weighted by Gasteiger charge is 2.12. The Kier molecular flexibility index (Phi) is 6.08. The van der Waals surface area contributed by atoms with E-state index in [0.29, 0.717) is 22.8 Å². The zero-order chi connectivity index (χ0) is 18.4. The number of non-ortho nitro benzene ring substituents is 1. The smallest absolute Gasteiger partial charge is 0.269 e. The Labute approximate surface area is 149 Å². The van der Waals surface area contributed by atoms with E-state index in [1.807, 2.05) is 6.92 Å². The molecular weight excluding hydrogens is 346 g/mol. The van der Waals surface area contributed by atoms with Gasteiger partial charge in [0.15, 0.2) is 0 Å². The average molecular weight is 362 g/mol. The number of anilines is 2. The Balaban J connectivity index is 2.14. The van der Waals surface area contributed by atoms with Gasteiger partial charge in [-0.05, 0) is 36.8 Å². The number of halogens is 1. The molecule has 0 radical (unpaired) electrons. The standard InChI is InChI=1S/C17H16ClN3O4/c1-2-3-16(22)19-12-6-9-14(18)15(10-12)20-17(23)11-4-7-13(8-5-11)21(24)25/h4-10H,2-3H2,1H3,(H,19,22)(H,20,23). The number of nitro groups is 1. The van der Waals surface area contributed by atoms with E-state index in [1.54, 1.807) is 18.2 Å². The van der Waals surface area contributed by atoms with Gasteiger partial charge in [0, 0.05) is 29.8 Å². The second kappa shape index (κ2) is 8.25. The Hall–Kier alpha value is -2.93. The quantitative estimate of drug-likeness (QED) is 0.593. The van der Waals surface area contributed by atoms with Crippen LogP contribution in [0.25, 0.3) is 0 Å². The average Bonchev–Trinajstić information content (AvgIpc) is 2.58. The molecule has 0 spiro atoms. The second-order valence-corrected chi connectivity index (χ2v) is 5.66. The molecule has 0 aromatic heterocycles. The molecule has 0 unspecified atom stereocenters. The molecule has 0 atom stereocenters. The van der Waals surface area contributed by atoms with Crippen molar-refractivity contribution < 1.29 is 14.5 Å². The van der Waals surface area contributed by atoms with Gasteiger partial charge >= 0.3 is 0 Å². The van der Waals surface area contributed by atoms with Crippen LogP contribution in [0.4, 0.5) is 17.1 Å². The molecule has 0 saturated carbocycles. The molecule has 0 saturated heterocycles. The fourth-order valence-corrected chi connectivity index (χ4v) is 2.24. The molecule has 2 amide bonds. The lowest BCUT2D eigenvalue weighted by molar-refractivity contribution is -0.384. The van der Waals surface area contributed by atoms with Crippen molar-refractivity contribution in [1.82, 2.24) is 0 Å². The van der Waals surface area contributed by atoms with E-state index >= 15 is 0 Å². The summed E-state index contributed by atoms with van der Waals surface area (Å²) in [7, 11) is 0. The van der Waals surface area contributed by atoms with Crippen molar-refractivity contribution in [2.24, 2.45) is 0 Å². The number of hydrogen-bond acceptors (Lipinski definition) is 4. The van der Waals surface area contributed by atoms with Crippen LogP contribution in [0, 0.1) is 10.1 Å². The molecule has 8 heteroatoms. The minimum Gasteiger partial charge on any atom is -0.326 e. The van der Waals surface area contributed by atoms with E-state index in [4.69, 9.17) is 11.6 Å². The minimum absolute atomic E-state index is 0.102. The van der Waals surface area contributed by atoms with Gasteiger partial charge in [-0.15, -0.1) is 0 Å². The number of nitrogens with one attached hydrogen (secondary N) is 2. The van der Waals surface area contributed by atoms with Crippen molar-refractivity contribution in [1.29, 1.82) is 0 Å². The van der Waals surface area contributed by atoms with Gasteiger partial charge in [-0.2, -0.15) is 0 Å². The summed E-state index contributed by atoms with van der Waals surface area (Å²) in [6, 6.07) is 9.96. The normalized spacial score (nSPS) is 10.2. The summed E-state index contributed by atoms with van der Waals surface area (Å²) in [6.07, 6.45) is 1.12. The molecule has 130 valence electrons. The third kappa shape index (κ3) is 5.02. The zero-order valence-electron chi connectivity index (χ0n) is 13.4. The predicted molar refractivity (Wildman–Crippen MR) is 96.0 cm³/mol. The maximum absolute atomic E-state index is 12.3. The lowest BCUT2D eigenvalue weighted by atomic mass is 10.2. The number of nitrogens with zero attached hydrogens (tertiary/aromatic N) is 1.